The highest BCUT2D eigenvalue weighted by molar-refractivity contribution is 9.10. The molecule has 2 rings (SSSR count). The van der Waals surface area contributed by atoms with E-state index in [2.05, 4.69) is 31.2 Å². The minimum atomic E-state index is -0.825. The smallest absolute Gasteiger partial charge is 0.339 e. The molecule has 17 heavy (non-hydrogen) atoms. The van der Waals surface area contributed by atoms with E-state index in [9.17, 15) is 8.78 Å². The van der Waals surface area contributed by atoms with Crippen LogP contribution in [0.25, 0.3) is 0 Å². The number of halogens is 3. The summed E-state index contributed by atoms with van der Waals surface area (Å²) in [5.74, 6) is -1.46. The Morgan fingerprint density at radius 3 is 2.47 bits per heavy atom. The average Bonchev–Trinajstić information content (AvgIpc) is 2.59. The van der Waals surface area contributed by atoms with Crippen molar-refractivity contribution in [3.05, 3.63) is 29.8 Å². The topological polar surface area (TPSA) is 46.3 Å². The first-order valence-corrected chi connectivity index (χ1v) is 5.66. The van der Waals surface area contributed by atoms with Crippen LogP contribution in [0.15, 0.2) is 33.4 Å². The standard InChI is InChI=1S/C10H8BrF2N3O/c1-2-10(11)14-9(15-16-10)17-8-4-6(12)3-7(13)5-8/h3-5H,2H2,1H3. The van der Waals surface area contributed by atoms with Gasteiger partial charge < -0.3 is 4.74 Å². The Morgan fingerprint density at radius 1 is 1.29 bits per heavy atom. The SMILES string of the molecule is CCC1(Br)N=NC(Oc2cc(F)cc(F)c2)=N1. The van der Waals surface area contributed by atoms with E-state index in [1.807, 2.05) is 6.92 Å². The molecule has 0 bridgehead atoms. The third-order valence-electron chi connectivity index (χ3n) is 2.05. The maximum Gasteiger partial charge on any atom is 0.339 e. The minimum absolute atomic E-state index is 0.00643. The molecular weight excluding hydrogens is 296 g/mol. The van der Waals surface area contributed by atoms with Crippen LogP contribution in [0.2, 0.25) is 0 Å². The van der Waals surface area contributed by atoms with Gasteiger partial charge in [-0.2, -0.15) is 4.99 Å². The second-order valence-electron chi connectivity index (χ2n) is 3.37. The monoisotopic (exact) mass is 303 g/mol. The summed E-state index contributed by atoms with van der Waals surface area (Å²) >= 11 is 3.25. The van der Waals surface area contributed by atoms with Crippen LogP contribution in [0.3, 0.4) is 0 Å². The predicted octanol–water partition coefficient (Wildman–Crippen LogP) is 3.62. The second-order valence-corrected chi connectivity index (χ2v) is 4.64. The molecule has 0 radical (unpaired) electrons. The average molecular weight is 304 g/mol. The van der Waals surface area contributed by atoms with Crippen LogP contribution in [0.4, 0.5) is 8.78 Å². The maximum atomic E-state index is 12.9. The summed E-state index contributed by atoms with van der Waals surface area (Å²) in [4.78, 5) is 4.03. The normalized spacial score (nSPS) is 22.7. The first-order chi connectivity index (χ1) is 8.00. The molecule has 7 heteroatoms. The molecule has 0 aliphatic carbocycles. The molecule has 0 saturated heterocycles. The summed E-state index contributed by atoms with van der Waals surface area (Å²) in [6.07, 6.45) is 0.584. The summed E-state index contributed by atoms with van der Waals surface area (Å²) in [5.41, 5.74) is 0. The highest BCUT2D eigenvalue weighted by Crippen LogP contribution is 2.31. The molecular formula is C10H8BrF2N3O. The Hall–Kier alpha value is -1.37. The molecule has 0 amide bonds. The fourth-order valence-electron chi connectivity index (χ4n) is 1.20. The number of azo groups is 1. The zero-order chi connectivity index (χ0) is 12.5. The number of hydrogen-bond donors (Lipinski definition) is 0. The van der Waals surface area contributed by atoms with Crippen LogP contribution in [-0.2, 0) is 0 Å². The van der Waals surface area contributed by atoms with Crippen molar-refractivity contribution in [2.24, 2.45) is 15.2 Å². The number of benzene rings is 1. The number of nitrogens with zero attached hydrogens (tertiary/aromatic N) is 3. The summed E-state index contributed by atoms with van der Waals surface area (Å²) < 4.78 is 30.1. The number of aliphatic imine (C=N–C) groups is 1. The summed E-state index contributed by atoms with van der Waals surface area (Å²) in [7, 11) is 0. The van der Waals surface area contributed by atoms with Gasteiger partial charge in [0, 0.05) is 24.6 Å². The minimum Gasteiger partial charge on any atom is -0.423 e. The lowest BCUT2D eigenvalue weighted by Crippen LogP contribution is -2.11. The van der Waals surface area contributed by atoms with Crippen LogP contribution < -0.4 is 4.74 Å². The maximum absolute atomic E-state index is 12.9. The molecule has 1 aromatic rings. The van der Waals surface area contributed by atoms with Crippen molar-refractivity contribution in [3.63, 3.8) is 0 Å². The van der Waals surface area contributed by atoms with E-state index in [1.54, 1.807) is 0 Å². The highest BCUT2D eigenvalue weighted by atomic mass is 79.9. The van der Waals surface area contributed by atoms with Crippen LogP contribution in [0.1, 0.15) is 13.3 Å². The molecule has 1 aliphatic heterocycles. The summed E-state index contributed by atoms with van der Waals surface area (Å²) in [6.45, 7) is 1.86. The molecule has 1 unspecified atom stereocenters. The number of hydrogen-bond acceptors (Lipinski definition) is 4. The van der Waals surface area contributed by atoms with E-state index in [0.29, 0.717) is 6.42 Å². The van der Waals surface area contributed by atoms with Crippen molar-refractivity contribution in [1.82, 2.24) is 0 Å². The quantitative estimate of drug-likeness (QED) is 0.608. The van der Waals surface area contributed by atoms with Crippen LogP contribution >= 0.6 is 15.9 Å². The molecule has 0 saturated carbocycles. The third-order valence-corrected chi connectivity index (χ3v) is 2.95. The van der Waals surface area contributed by atoms with E-state index < -0.39 is 16.2 Å². The molecule has 0 spiro atoms. The van der Waals surface area contributed by atoms with E-state index in [4.69, 9.17) is 4.74 Å². The molecule has 1 atom stereocenters. The third kappa shape index (κ3) is 2.85. The van der Waals surface area contributed by atoms with Crippen molar-refractivity contribution < 1.29 is 13.5 Å². The van der Waals surface area contributed by atoms with Gasteiger partial charge in [-0.1, -0.05) is 12.0 Å². The van der Waals surface area contributed by atoms with Gasteiger partial charge in [0.1, 0.15) is 17.4 Å². The first kappa shape index (κ1) is 12.1. The predicted molar refractivity (Wildman–Crippen MR) is 61.2 cm³/mol. The molecule has 90 valence electrons. The zero-order valence-electron chi connectivity index (χ0n) is 8.82. The molecule has 1 heterocycles. The molecule has 0 aromatic heterocycles. The van der Waals surface area contributed by atoms with Gasteiger partial charge in [0.25, 0.3) is 0 Å². The second kappa shape index (κ2) is 4.48. The fraction of sp³-hybridized carbons (Fsp3) is 0.300. The van der Waals surface area contributed by atoms with Crippen LogP contribution in [-0.4, -0.2) is 10.6 Å². The largest absolute Gasteiger partial charge is 0.423 e. The van der Waals surface area contributed by atoms with Gasteiger partial charge in [-0.25, -0.2) is 8.78 Å². The van der Waals surface area contributed by atoms with E-state index >= 15 is 0 Å². The van der Waals surface area contributed by atoms with Gasteiger partial charge in [-0.15, -0.1) is 5.11 Å². The lowest BCUT2D eigenvalue weighted by Gasteiger charge is -2.07. The molecule has 1 aliphatic rings. The summed E-state index contributed by atoms with van der Waals surface area (Å²) in [6, 6.07) is 2.81. The van der Waals surface area contributed by atoms with Crippen molar-refractivity contribution in [2.45, 2.75) is 17.9 Å². The first-order valence-electron chi connectivity index (χ1n) is 4.86. The lowest BCUT2D eigenvalue weighted by molar-refractivity contribution is 0.513. The van der Waals surface area contributed by atoms with Gasteiger partial charge in [0.05, 0.1) is 0 Å². The van der Waals surface area contributed by atoms with Gasteiger partial charge in [-0.3, -0.25) is 0 Å². The van der Waals surface area contributed by atoms with Gasteiger partial charge >= 0.3 is 6.02 Å². The summed E-state index contributed by atoms with van der Waals surface area (Å²) in [5, 5.41) is 7.51. The van der Waals surface area contributed by atoms with E-state index in [1.165, 1.54) is 0 Å². The molecule has 0 fully saturated rings. The molecule has 0 N–H and O–H groups in total. The van der Waals surface area contributed by atoms with Crippen molar-refractivity contribution in [1.29, 1.82) is 0 Å². The van der Waals surface area contributed by atoms with Crippen molar-refractivity contribution in [3.8, 4) is 5.75 Å². The van der Waals surface area contributed by atoms with E-state index in [-0.39, 0.29) is 11.8 Å². The Labute approximate surface area is 105 Å². The molecule has 4 nitrogen and oxygen atoms in total. The number of alkyl halides is 1. The Bertz CT molecular complexity index is 486. The van der Waals surface area contributed by atoms with Crippen LogP contribution in [0.5, 0.6) is 5.75 Å². The van der Waals surface area contributed by atoms with E-state index in [0.717, 1.165) is 18.2 Å². The van der Waals surface area contributed by atoms with Gasteiger partial charge in [0.2, 0.25) is 4.57 Å². The van der Waals surface area contributed by atoms with Crippen molar-refractivity contribution in [2.75, 3.05) is 0 Å². The number of amidine groups is 1. The highest BCUT2D eigenvalue weighted by Gasteiger charge is 2.29. The van der Waals surface area contributed by atoms with Crippen molar-refractivity contribution >= 4 is 22.0 Å². The van der Waals surface area contributed by atoms with Crippen LogP contribution in [0, 0.1) is 11.6 Å². The molecule has 1 aromatic carbocycles. The Balaban J connectivity index is 2.18. The lowest BCUT2D eigenvalue weighted by atomic mass is 10.3. The van der Waals surface area contributed by atoms with Gasteiger partial charge in [0.15, 0.2) is 0 Å². The zero-order valence-corrected chi connectivity index (χ0v) is 10.4. The Morgan fingerprint density at radius 2 is 1.94 bits per heavy atom. The van der Waals surface area contributed by atoms with Gasteiger partial charge in [-0.05, 0) is 15.9 Å². The number of ether oxygens (including phenoxy) is 1. The number of rotatable bonds is 2. The fourth-order valence-corrected chi connectivity index (χ4v) is 1.43. The Kier molecular flexibility index (Phi) is 3.19.